The Kier molecular flexibility index (Phi) is 4.45. The molecule has 0 spiro atoms. The van der Waals surface area contributed by atoms with Crippen LogP contribution in [0.3, 0.4) is 0 Å². The molecule has 0 saturated heterocycles. The number of anilines is 1. The smallest absolute Gasteiger partial charge is 0.257 e. The second-order valence-electron chi connectivity index (χ2n) is 5.52. The lowest BCUT2D eigenvalue weighted by Crippen LogP contribution is -2.11. The molecule has 0 fully saturated rings. The van der Waals surface area contributed by atoms with Gasteiger partial charge in [-0.05, 0) is 49.4 Å². The SMILES string of the molecule is CCOc1ccc(-c2csc(NC(=O)c3ccc4c(c3)OCO4)n2)cc1. The second-order valence-corrected chi connectivity index (χ2v) is 6.38. The van der Waals surface area contributed by atoms with Crippen molar-refractivity contribution in [1.82, 2.24) is 4.98 Å². The number of benzene rings is 2. The summed E-state index contributed by atoms with van der Waals surface area (Å²) in [6.45, 7) is 2.76. The average molecular weight is 368 g/mol. The molecule has 1 aliphatic heterocycles. The van der Waals surface area contributed by atoms with E-state index in [0.29, 0.717) is 28.8 Å². The second kappa shape index (κ2) is 7.05. The van der Waals surface area contributed by atoms with E-state index in [1.165, 1.54) is 11.3 Å². The molecule has 26 heavy (non-hydrogen) atoms. The fourth-order valence-corrected chi connectivity index (χ4v) is 3.27. The van der Waals surface area contributed by atoms with Crippen LogP contribution in [0.15, 0.2) is 47.8 Å². The van der Waals surface area contributed by atoms with Gasteiger partial charge < -0.3 is 14.2 Å². The van der Waals surface area contributed by atoms with Crippen molar-refractivity contribution in [2.24, 2.45) is 0 Å². The van der Waals surface area contributed by atoms with Crippen LogP contribution in [0.2, 0.25) is 0 Å². The third kappa shape index (κ3) is 3.34. The molecule has 0 aliphatic carbocycles. The summed E-state index contributed by atoms with van der Waals surface area (Å²) in [6.07, 6.45) is 0. The Bertz CT molecular complexity index is 937. The summed E-state index contributed by atoms with van der Waals surface area (Å²) in [5.41, 5.74) is 2.26. The van der Waals surface area contributed by atoms with E-state index in [1.807, 2.05) is 36.6 Å². The van der Waals surface area contributed by atoms with Crippen molar-refractivity contribution in [2.75, 3.05) is 18.7 Å². The fraction of sp³-hybridized carbons (Fsp3) is 0.158. The number of ether oxygens (including phenoxy) is 3. The summed E-state index contributed by atoms with van der Waals surface area (Å²) in [6, 6.07) is 12.8. The minimum atomic E-state index is -0.240. The molecule has 0 saturated carbocycles. The Morgan fingerprint density at radius 1 is 1.19 bits per heavy atom. The number of hydrogen-bond donors (Lipinski definition) is 1. The van der Waals surface area contributed by atoms with Gasteiger partial charge in [0.25, 0.3) is 5.91 Å². The maximum Gasteiger partial charge on any atom is 0.257 e. The zero-order valence-electron chi connectivity index (χ0n) is 14.0. The molecule has 2 heterocycles. The van der Waals surface area contributed by atoms with E-state index in [1.54, 1.807) is 18.2 Å². The molecule has 3 aromatic rings. The topological polar surface area (TPSA) is 69.7 Å². The first kappa shape index (κ1) is 16.4. The number of amides is 1. The first-order chi connectivity index (χ1) is 12.7. The predicted molar refractivity (Wildman–Crippen MR) is 99.2 cm³/mol. The molecule has 0 radical (unpaired) electrons. The Morgan fingerprint density at radius 2 is 2.00 bits per heavy atom. The minimum absolute atomic E-state index is 0.179. The summed E-state index contributed by atoms with van der Waals surface area (Å²) in [5.74, 6) is 1.80. The van der Waals surface area contributed by atoms with Crippen LogP contribution in [0.5, 0.6) is 17.2 Å². The molecule has 0 atom stereocenters. The Hall–Kier alpha value is -3.06. The molecular weight excluding hydrogens is 352 g/mol. The Morgan fingerprint density at radius 3 is 2.81 bits per heavy atom. The number of hydrogen-bond acceptors (Lipinski definition) is 6. The summed E-state index contributed by atoms with van der Waals surface area (Å²) < 4.78 is 16.0. The van der Waals surface area contributed by atoms with Crippen molar-refractivity contribution in [1.29, 1.82) is 0 Å². The van der Waals surface area contributed by atoms with Crippen molar-refractivity contribution in [3.8, 4) is 28.5 Å². The molecule has 0 unspecified atom stereocenters. The van der Waals surface area contributed by atoms with Gasteiger partial charge in [0.05, 0.1) is 12.3 Å². The van der Waals surface area contributed by atoms with Gasteiger partial charge in [-0.15, -0.1) is 11.3 Å². The Labute approximate surface area is 154 Å². The van der Waals surface area contributed by atoms with Crippen LogP contribution in [0.4, 0.5) is 5.13 Å². The number of thiazole rings is 1. The van der Waals surface area contributed by atoms with Crippen LogP contribution >= 0.6 is 11.3 Å². The van der Waals surface area contributed by atoms with Crippen molar-refractivity contribution >= 4 is 22.4 Å². The highest BCUT2D eigenvalue weighted by Gasteiger charge is 2.17. The molecular formula is C19H16N2O4S. The summed E-state index contributed by atoms with van der Waals surface area (Å²) in [7, 11) is 0. The van der Waals surface area contributed by atoms with Crippen LogP contribution in [-0.2, 0) is 0 Å². The van der Waals surface area contributed by atoms with Gasteiger partial charge in [0.2, 0.25) is 6.79 Å². The molecule has 2 aromatic carbocycles. The third-order valence-electron chi connectivity index (χ3n) is 3.82. The standard InChI is InChI=1S/C19H16N2O4S/c1-2-23-14-6-3-12(4-7-14)15-10-26-19(20-15)21-18(22)13-5-8-16-17(9-13)25-11-24-16/h3-10H,2,11H2,1H3,(H,20,21,22). The lowest BCUT2D eigenvalue weighted by molar-refractivity contribution is 0.102. The van der Waals surface area contributed by atoms with Crippen LogP contribution in [0, 0.1) is 0 Å². The highest BCUT2D eigenvalue weighted by Crippen LogP contribution is 2.33. The van der Waals surface area contributed by atoms with Crippen LogP contribution in [0.1, 0.15) is 17.3 Å². The lowest BCUT2D eigenvalue weighted by atomic mass is 10.2. The molecule has 1 aliphatic rings. The monoisotopic (exact) mass is 368 g/mol. The molecule has 7 heteroatoms. The highest BCUT2D eigenvalue weighted by atomic mass is 32.1. The van der Waals surface area contributed by atoms with Gasteiger partial charge in [-0.1, -0.05) is 0 Å². The van der Waals surface area contributed by atoms with Crippen molar-refractivity contribution < 1.29 is 19.0 Å². The molecule has 4 rings (SSSR count). The average Bonchev–Trinajstić information content (AvgIpc) is 3.31. The van der Waals surface area contributed by atoms with E-state index in [0.717, 1.165) is 17.0 Å². The van der Waals surface area contributed by atoms with E-state index in [-0.39, 0.29) is 12.7 Å². The van der Waals surface area contributed by atoms with E-state index in [2.05, 4.69) is 10.3 Å². The number of fused-ring (bicyclic) bond motifs is 1. The van der Waals surface area contributed by atoms with E-state index >= 15 is 0 Å². The lowest BCUT2D eigenvalue weighted by Gasteiger charge is -2.04. The van der Waals surface area contributed by atoms with E-state index < -0.39 is 0 Å². The van der Waals surface area contributed by atoms with Gasteiger partial charge >= 0.3 is 0 Å². The maximum atomic E-state index is 12.4. The molecule has 1 aromatic heterocycles. The quantitative estimate of drug-likeness (QED) is 0.731. The molecule has 1 amide bonds. The molecule has 6 nitrogen and oxygen atoms in total. The van der Waals surface area contributed by atoms with Crippen LogP contribution < -0.4 is 19.5 Å². The number of nitrogens with zero attached hydrogens (tertiary/aromatic N) is 1. The number of aromatic nitrogens is 1. The van der Waals surface area contributed by atoms with Gasteiger partial charge in [0.1, 0.15) is 5.75 Å². The van der Waals surface area contributed by atoms with Gasteiger partial charge in [0, 0.05) is 16.5 Å². The van der Waals surface area contributed by atoms with Crippen molar-refractivity contribution in [2.45, 2.75) is 6.92 Å². The number of carbonyl (C=O) groups excluding carboxylic acids is 1. The van der Waals surface area contributed by atoms with Crippen molar-refractivity contribution in [3.63, 3.8) is 0 Å². The van der Waals surface area contributed by atoms with Gasteiger partial charge in [-0.25, -0.2) is 4.98 Å². The Balaban J connectivity index is 1.47. The summed E-state index contributed by atoms with van der Waals surface area (Å²) in [5, 5.41) is 5.26. The first-order valence-electron chi connectivity index (χ1n) is 8.12. The zero-order valence-corrected chi connectivity index (χ0v) is 14.8. The summed E-state index contributed by atoms with van der Waals surface area (Å²) >= 11 is 1.38. The van der Waals surface area contributed by atoms with Crippen LogP contribution in [0.25, 0.3) is 11.3 Å². The fourth-order valence-electron chi connectivity index (χ4n) is 2.56. The summed E-state index contributed by atoms with van der Waals surface area (Å²) in [4.78, 5) is 16.9. The highest BCUT2D eigenvalue weighted by molar-refractivity contribution is 7.14. The predicted octanol–water partition coefficient (Wildman–Crippen LogP) is 4.19. The van der Waals surface area contributed by atoms with Crippen LogP contribution in [-0.4, -0.2) is 24.3 Å². The first-order valence-corrected chi connectivity index (χ1v) is 9.00. The largest absolute Gasteiger partial charge is 0.494 e. The molecule has 132 valence electrons. The van der Waals surface area contributed by atoms with Gasteiger partial charge in [-0.3, -0.25) is 10.1 Å². The number of carbonyl (C=O) groups is 1. The van der Waals surface area contributed by atoms with E-state index in [4.69, 9.17) is 14.2 Å². The van der Waals surface area contributed by atoms with Crippen molar-refractivity contribution in [3.05, 3.63) is 53.4 Å². The number of rotatable bonds is 5. The molecule has 0 bridgehead atoms. The zero-order chi connectivity index (χ0) is 17.9. The van der Waals surface area contributed by atoms with E-state index in [9.17, 15) is 4.79 Å². The normalized spacial score (nSPS) is 12.0. The number of nitrogens with one attached hydrogen (secondary N) is 1. The van der Waals surface area contributed by atoms with Gasteiger partial charge in [0.15, 0.2) is 16.6 Å². The third-order valence-corrected chi connectivity index (χ3v) is 4.58. The molecule has 1 N–H and O–H groups in total. The maximum absolute atomic E-state index is 12.4. The van der Waals surface area contributed by atoms with Gasteiger partial charge in [-0.2, -0.15) is 0 Å². The minimum Gasteiger partial charge on any atom is -0.494 e.